The molecule has 0 aliphatic carbocycles. The Balaban J connectivity index is 1.91. The Morgan fingerprint density at radius 2 is 2.18 bits per heavy atom. The highest BCUT2D eigenvalue weighted by molar-refractivity contribution is 6.31. The maximum absolute atomic E-state index is 14.7. The molecule has 8 nitrogen and oxygen atoms in total. The molecule has 178 valence electrons. The van der Waals surface area contributed by atoms with Crippen molar-refractivity contribution in [1.82, 2.24) is 15.1 Å². The highest BCUT2D eigenvalue weighted by Gasteiger charge is 2.25. The molecule has 1 aliphatic heterocycles. The molecule has 10 heteroatoms. The van der Waals surface area contributed by atoms with Gasteiger partial charge in [-0.05, 0) is 38.1 Å². The van der Waals surface area contributed by atoms with Crippen molar-refractivity contribution in [3.8, 4) is 5.69 Å². The molecule has 3 N–H and O–H groups in total. The van der Waals surface area contributed by atoms with E-state index in [1.54, 1.807) is 48.9 Å². The van der Waals surface area contributed by atoms with Gasteiger partial charge in [0.05, 0.1) is 36.2 Å². The Hall–Kier alpha value is -3.56. The monoisotopic (exact) mass is 485 g/mol. The lowest BCUT2D eigenvalue weighted by atomic mass is 9.99. The van der Waals surface area contributed by atoms with Crippen LogP contribution in [0.15, 0.2) is 65.5 Å². The van der Waals surface area contributed by atoms with Crippen molar-refractivity contribution in [2.75, 3.05) is 13.2 Å². The normalized spacial score (nSPS) is 14.3. The Morgan fingerprint density at radius 1 is 1.41 bits per heavy atom. The number of carbonyl (C=O) groups excluding carboxylic acids is 2. The highest BCUT2D eigenvalue weighted by Crippen LogP contribution is 2.30. The van der Waals surface area contributed by atoms with Gasteiger partial charge in [-0.1, -0.05) is 36.4 Å². The number of amides is 1. The van der Waals surface area contributed by atoms with Gasteiger partial charge < -0.3 is 15.8 Å². The molecule has 1 amide bonds. The number of aliphatic imine (C=N–C) groups is 1. The maximum Gasteiger partial charge on any atom is 0.358 e. The first-order chi connectivity index (χ1) is 16.3. The minimum atomic E-state index is -0.651. The Kier molecular flexibility index (Phi) is 8.14. The SMILES string of the molecule is C=C/C=C(C1=NCc2cc(C(=O)OCCNC(=O)C(C)N)nn2-c2ccc(Cl)cc21)\C(F)=C/C. The average Bonchev–Trinajstić information content (AvgIpc) is 3.18. The van der Waals surface area contributed by atoms with E-state index in [0.717, 1.165) is 0 Å². The summed E-state index contributed by atoms with van der Waals surface area (Å²) >= 11 is 6.24. The van der Waals surface area contributed by atoms with Crippen molar-refractivity contribution in [2.45, 2.75) is 26.4 Å². The number of hydrogen-bond acceptors (Lipinski definition) is 6. The lowest BCUT2D eigenvalue weighted by Gasteiger charge is -2.13. The fourth-order valence-corrected chi connectivity index (χ4v) is 3.47. The molecular formula is C24H25ClFN5O3. The van der Waals surface area contributed by atoms with Crippen LogP contribution in [0.5, 0.6) is 0 Å². The molecule has 1 atom stereocenters. The molecule has 3 rings (SSSR count). The highest BCUT2D eigenvalue weighted by atomic mass is 35.5. The number of nitrogens with two attached hydrogens (primary N) is 1. The third kappa shape index (κ3) is 5.49. The predicted molar refractivity (Wildman–Crippen MR) is 129 cm³/mol. The third-order valence-corrected chi connectivity index (χ3v) is 5.17. The number of nitrogens with zero attached hydrogens (tertiary/aromatic N) is 3. The molecule has 1 aromatic heterocycles. The number of esters is 1. The molecule has 2 heterocycles. The van der Waals surface area contributed by atoms with Crippen molar-refractivity contribution < 1.29 is 18.7 Å². The molecule has 0 bridgehead atoms. The van der Waals surface area contributed by atoms with Crippen LogP contribution in [-0.4, -0.2) is 46.6 Å². The Labute approximate surface area is 201 Å². The summed E-state index contributed by atoms with van der Waals surface area (Å²) in [5, 5.41) is 7.40. The van der Waals surface area contributed by atoms with Crippen LogP contribution in [-0.2, 0) is 16.1 Å². The first kappa shape index (κ1) is 25.1. The van der Waals surface area contributed by atoms with Gasteiger partial charge in [-0.15, -0.1) is 0 Å². The first-order valence-electron chi connectivity index (χ1n) is 10.6. The predicted octanol–water partition coefficient (Wildman–Crippen LogP) is 3.43. The molecule has 0 saturated carbocycles. The minimum Gasteiger partial charge on any atom is -0.459 e. The van der Waals surface area contributed by atoms with Gasteiger partial charge in [0.1, 0.15) is 12.4 Å². The third-order valence-electron chi connectivity index (χ3n) is 4.93. The second-order valence-electron chi connectivity index (χ2n) is 7.43. The molecule has 0 radical (unpaired) electrons. The van der Waals surface area contributed by atoms with Crippen molar-refractivity contribution in [1.29, 1.82) is 0 Å². The molecule has 2 aromatic rings. The van der Waals surface area contributed by atoms with E-state index in [9.17, 15) is 14.0 Å². The smallest absolute Gasteiger partial charge is 0.358 e. The number of nitrogens with one attached hydrogen (secondary N) is 1. The molecule has 1 unspecified atom stereocenters. The number of benzene rings is 1. The van der Waals surface area contributed by atoms with Gasteiger partial charge in [0, 0.05) is 16.2 Å². The van der Waals surface area contributed by atoms with Crippen LogP contribution < -0.4 is 11.1 Å². The zero-order chi connectivity index (χ0) is 24.8. The summed E-state index contributed by atoms with van der Waals surface area (Å²) in [6, 6.07) is 5.99. The fourth-order valence-electron chi connectivity index (χ4n) is 3.30. The summed E-state index contributed by atoms with van der Waals surface area (Å²) in [6.45, 7) is 7.05. The summed E-state index contributed by atoms with van der Waals surface area (Å²) in [5.41, 5.74) is 7.95. The van der Waals surface area contributed by atoms with Gasteiger partial charge in [0.15, 0.2) is 5.69 Å². The van der Waals surface area contributed by atoms with Crippen LogP contribution in [0, 0.1) is 0 Å². The van der Waals surface area contributed by atoms with Crippen LogP contribution >= 0.6 is 11.6 Å². The van der Waals surface area contributed by atoms with E-state index in [-0.39, 0.29) is 36.9 Å². The number of ether oxygens (including phenoxy) is 1. The average molecular weight is 486 g/mol. The second kappa shape index (κ2) is 11.0. The van der Waals surface area contributed by atoms with E-state index in [2.05, 4.69) is 22.0 Å². The van der Waals surface area contributed by atoms with Gasteiger partial charge in [-0.25, -0.2) is 13.9 Å². The number of fused-ring (bicyclic) bond motifs is 3. The summed E-state index contributed by atoms with van der Waals surface area (Å²) in [7, 11) is 0. The number of hydrogen-bond donors (Lipinski definition) is 2. The van der Waals surface area contributed by atoms with Crippen LogP contribution in [0.1, 0.15) is 35.6 Å². The number of allylic oxidation sites excluding steroid dienone is 5. The van der Waals surface area contributed by atoms with E-state index in [1.807, 2.05) is 0 Å². The van der Waals surface area contributed by atoms with Crippen molar-refractivity contribution in [2.24, 2.45) is 10.7 Å². The lowest BCUT2D eigenvalue weighted by molar-refractivity contribution is -0.122. The van der Waals surface area contributed by atoms with Crippen molar-refractivity contribution in [3.63, 3.8) is 0 Å². The molecular weight excluding hydrogens is 461 g/mol. The zero-order valence-corrected chi connectivity index (χ0v) is 19.6. The minimum absolute atomic E-state index is 0.0354. The molecule has 0 spiro atoms. The number of aromatic nitrogens is 2. The summed E-state index contributed by atoms with van der Waals surface area (Å²) in [5.74, 6) is -1.44. The molecule has 0 fully saturated rings. The topological polar surface area (TPSA) is 112 Å². The largest absolute Gasteiger partial charge is 0.459 e. The lowest BCUT2D eigenvalue weighted by Crippen LogP contribution is -2.39. The maximum atomic E-state index is 14.7. The van der Waals surface area contributed by atoms with Crippen LogP contribution in [0.2, 0.25) is 5.02 Å². The second-order valence-corrected chi connectivity index (χ2v) is 7.86. The Morgan fingerprint density at radius 3 is 2.85 bits per heavy atom. The number of rotatable bonds is 8. The Bertz CT molecular complexity index is 1210. The van der Waals surface area contributed by atoms with Crippen LogP contribution in [0.4, 0.5) is 4.39 Å². The zero-order valence-electron chi connectivity index (χ0n) is 18.8. The van der Waals surface area contributed by atoms with Crippen molar-refractivity contribution in [3.05, 3.63) is 82.4 Å². The molecule has 1 aliphatic rings. The van der Waals surface area contributed by atoms with Gasteiger partial charge in [-0.3, -0.25) is 9.79 Å². The molecule has 0 saturated heterocycles. The number of halogens is 2. The van der Waals surface area contributed by atoms with Gasteiger partial charge in [-0.2, -0.15) is 5.10 Å². The van der Waals surface area contributed by atoms with Gasteiger partial charge in [0.25, 0.3) is 0 Å². The summed E-state index contributed by atoms with van der Waals surface area (Å²) in [6.07, 6.45) is 4.37. The van der Waals surface area contributed by atoms with Crippen LogP contribution in [0.3, 0.4) is 0 Å². The first-order valence-corrected chi connectivity index (χ1v) is 10.9. The van der Waals surface area contributed by atoms with E-state index in [0.29, 0.717) is 27.7 Å². The van der Waals surface area contributed by atoms with E-state index in [1.165, 1.54) is 12.2 Å². The van der Waals surface area contributed by atoms with Gasteiger partial charge in [0.2, 0.25) is 5.91 Å². The molecule has 1 aromatic carbocycles. The fraction of sp³-hybridized carbons (Fsp3) is 0.250. The standard InChI is InChI=1S/C24H25ClFN5O3/c1-4-6-17(19(26)5-2)22-18-11-15(25)7-8-21(18)31-16(13-29-22)12-20(30-31)24(33)34-10-9-28-23(32)14(3)27/h4-8,11-12,14H,1,9-10,13,27H2,2-3H3,(H,28,32)/b17-6+,19-5+. The van der Waals surface area contributed by atoms with Crippen LogP contribution in [0.25, 0.3) is 5.69 Å². The van der Waals surface area contributed by atoms with E-state index < -0.39 is 17.8 Å². The number of carbonyl (C=O) groups is 2. The summed E-state index contributed by atoms with van der Waals surface area (Å²) in [4.78, 5) is 28.6. The quantitative estimate of drug-likeness (QED) is 0.338. The summed E-state index contributed by atoms with van der Waals surface area (Å²) < 4.78 is 21.4. The van der Waals surface area contributed by atoms with E-state index >= 15 is 0 Å². The molecule has 34 heavy (non-hydrogen) atoms. The van der Waals surface area contributed by atoms with Crippen molar-refractivity contribution >= 4 is 29.2 Å². The van der Waals surface area contributed by atoms with Gasteiger partial charge >= 0.3 is 5.97 Å². The van der Waals surface area contributed by atoms with E-state index in [4.69, 9.17) is 22.1 Å².